The number of hydrogen-bond acceptors (Lipinski definition) is 4. The minimum Gasteiger partial charge on any atom is -0.493 e. The Labute approximate surface area is 130 Å². The number of nitrogens with zero attached hydrogens (tertiary/aromatic N) is 1. The fraction of sp³-hybridized carbons (Fsp3) is 0.588. The van der Waals surface area contributed by atoms with Crippen molar-refractivity contribution in [2.45, 2.75) is 38.3 Å². The van der Waals surface area contributed by atoms with Crippen LogP contribution in [0.3, 0.4) is 0 Å². The number of carboxylic acids is 1. The summed E-state index contributed by atoms with van der Waals surface area (Å²) in [5.41, 5.74) is 1.15. The normalized spacial score (nSPS) is 24.2. The van der Waals surface area contributed by atoms with Crippen molar-refractivity contribution in [3.8, 4) is 11.5 Å². The van der Waals surface area contributed by atoms with Gasteiger partial charge in [0.15, 0.2) is 18.1 Å². The Morgan fingerprint density at radius 1 is 1.36 bits per heavy atom. The summed E-state index contributed by atoms with van der Waals surface area (Å²) in [5, 5.41) is 8.77. The van der Waals surface area contributed by atoms with Crippen LogP contribution in [0.25, 0.3) is 0 Å². The molecule has 1 N–H and O–H groups in total. The maximum absolute atomic E-state index is 10.7. The SMILES string of the molecule is COc1ccc(CN2C[C@@H]3CCC[C@H]2C3)cc1OCC(=O)O. The number of benzene rings is 1. The molecule has 1 aromatic rings. The molecule has 0 aromatic heterocycles. The van der Waals surface area contributed by atoms with Gasteiger partial charge in [0.05, 0.1) is 7.11 Å². The summed E-state index contributed by atoms with van der Waals surface area (Å²) in [6.45, 7) is 1.73. The van der Waals surface area contributed by atoms with Gasteiger partial charge < -0.3 is 14.6 Å². The van der Waals surface area contributed by atoms with E-state index in [2.05, 4.69) is 4.90 Å². The number of carboxylic acid groups (broad SMARTS) is 1. The Bertz CT molecular complexity index is 545. The third kappa shape index (κ3) is 3.35. The third-order valence-corrected chi connectivity index (χ3v) is 4.73. The Kier molecular flexibility index (Phi) is 4.52. The van der Waals surface area contributed by atoms with Gasteiger partial charge in [-0.25, -0.2) is 4.79 Å². The van der Waals surface area contributed by atoms with E-state index in [0.717, 1.165) is 18.0 Å². The molecule has 120 valence electrons. The van der Waals surface area contributed by atoms with E-state index < -0.39 is 5.97 Å². The molecule has 22 heavy (non-hydrogen) atoms. The van der Waals surface area contributed by atoms with Crippen LogP contribution in [0.1, 0.15) is 31.2 Å². The van der Waals surface area contributed by atoms with Gasteiger partial charge in [-0.2, -0.15) is 0 Å². The van der Waals surface area contributed by atoms with E-state index in [0.29, 0.717) is 17.5 Å². The fourth-order valence-corrected chi connectivity index (χ4v) is 3.74. The molecular weight excluding hydrogens is 282 g/mol. The smallest absolute Gasteiger partial charge is 0.341 e. The first-order valence-corrected chi connectivity index (χ1v) is 7.91. The van der Waals surface area contributed by atoms with Crippen LogP contribution < -0.4 is 9.47 Å². The molecule has 1 aliphatic heterocycles. The molecule has 3 rings (SSSR count). The Balaban J connectivity index is 1.70. The molecule has 1 aliphatic carbocycles. The zero-order valence-corrected chi connectivity index (χ0v) is 13.0. The van der Waals surface area contributed by atoms with Gasteiger partial charge in [0.1, 0.15) is 0 Å². The summed E-state index contributed by atoms with van der Waals surface area (Å²) in [7, 11) is 1.56. The van der Waals surface area contributed by atoms with Crippen LogP contribution >= 0.6 is 0 Å². The first kappa shape index (κ1) is 15.2. The summed E-state index contributed by atoms with van der Waals surface area (Å²) >= 11 is 0. The van der Waals surface area contributed by atoms with Crippen molar-refractivity contribution >= 4 is 5.97 Å². The number of fused-ring (bicyclic) bond motifs is 2. The van der Waals surface area contributed by atoms with Crippen LogP contribution in [0, 0.1) is 5.92 Å². The predicted octanol–water partition coefficient (Wildman–Crippen LogP) is 2.53. The highest BCUT2D eigenvalue weighted by molar-refractivity contribution is 5.68. The molecule has 5 nitrogen and oxygen atoms in total. The number of rotatable bonds is 6. The minimum atomic E-state index is -0.985. The summed E-state index contributed by atoms with van der Waals surface area (Å²) in [6, 6.07) is 6.51. The van der Waals surface area contributed by atoms with Gasteiger partial charge in [-0.05, 0) is 42.9 Å². The molecule has 0 unspecified atom stereocenters. The lowest BCUT2D eigenvalue weighted by Gasteiger charge is -2.24. The van der Waals surface area contributed by atoms with Crippen molar-refractivity contribution < 1.29 is 19.4 Å². The molecule has 1 saturated carbocycles. The molecular formula is C17H23NO4. The molecule has 0 amide bonds. The Morgan fingerprint density at radius 2 is 2.23 bits per heavy atom. The van der Waals surface area contributed by atoms with Crippen molar-refractivity contribution in [1.82, 2.24) is 4.90 Å². The summed E-state index contributed by atoms with van der Waals surface area (Å²) in [5.74, 6) is 0.954. The number of aliphatic carboxylic acids is 1. The van der Waals surface area contributed by atoms with Crippen LogP contribution in [-0.4, -0.2) is 42.3 Å². The fourth-order valence-electron chi connectivity index (χ4n) is 3.74. The largest absolute Gasteiger partial charge is 0.493 e. The van der Waals surface area contributed by atoms with Crippen molar-refractivity contribution in [2.24, 2.45) is 5.92 Å². The molecule has 1 heterocycles. The number of hydrogen-bond donors (Lipinski definition) is 1. The van der Waals surface area contributed by atoms with E-state index in [1.807, 2.05) is 18.2 Å². The highest BCUT2D eigenvalue weighted by atomic mass is 16.5. The zero-order chi connectivity index (χ0) is 15.5. The first-order chi connectivity index (χ1) is 10.7. The highest BCUT2D eigenvalue weighted by Crippen LogP contribution is 2.37. The molecule has 2 fully saturated rings. The van der Waals surface area contributed by atoms with Gasteiger partial charge >= 0.3 is 5.97 Å². The molecule has 2 atom stereocenters. The van der Waals surface area contributed by atoms with Gasteiger partial charge in [0.25, 0.3) is 0 Å². The summed E-state index contributed by atoms with van der Waals surface area (Å²) in [4.78, 5) is 13.2. The molecule has 5 heteroatoms. The van der Waals surface area contributed by atoms with E-state index in [9.17, 15) is 4.79 Å². The Hall–Kier alpha value is -1.75. The van der Waals surface area contributed by atoms with E-state index in [-0.39, 0.29) is 6.61 Å². The zero-order valence-electron chi connectivity index (χ0n) is 13.0. The lowest BCUT2D eigenvalue weighted by atomic mass is 9.90. The highest BCUT2D eigenvalue weighted by Gasteiger charge is 2.34. The van der Waals surface area contributed by atoms with Crippen LogP contribution in [0.15, 0.2) is 18.2 Å². The number of likely N-dealkylation sites (tertiary alicyclic amines) is 1. The quantitative estimate of drug-likeness (QED) is 0.875. The van der Waals surface area contributed by atoms with E-state index in [4.69, 9.17) is 14.6 Å². The standard InChI is InChI=1S/C17H23NO4/c1-21-15-6-5-13(8-16(15)22-11-17(19)20)10-18-9-12-3-2-4-14(18)7-12/h5-6,8,12,14H,2-4,7,9-11H2,1H3,(H,19,20)/t12-,14+/m1/s1. The maximum atomic E-state index is 10.7. The van der Waals surface area contributed by atoms with Gasteiger partial charge in [0.2, 0.25) is 0 Å². The van der Waals surface area contributed by atoms with Gasteiger partial charge in [-0.3, -0.25) is 4.90 Å². The first-order valence-electron chi connectivity index (χ1n) is 7.91. The van der Waals surface area contributed by atoms with Crippen LogP contribution in [0.5, 0.6) is 11.5 Å². The molecule has 0 radical (unpaired) electrons. The average molecular weight is 305 g/mol. The second-order valence-electron chi connectivity index (χ2n) is 6.28. The molecule has 2 bridgehead atoms. The van der Waals surface area contributed by atoms with Crippen molar-refractivity contribution in [1.29, 1.82) is 0 Å². The summed E-state index contributed by atoms with van der Waals surface area (Å²) < 4.78 is 10.6. The lowest BCUT2D eigenvalue weighted by Crippen LogP contribution is -2.28. The molecule has 0 spiro atoms. The Morgan fingerprint density at radius 3 is 2.95 bits per heavy atom. The van der Waals surface area contributed by atoms with E-state index in [1.54, 1.807) is 7.11 Å². The van der Waals surface area contributed by atoms with Gasteiger partial charge in [-0.1, -0.05) is 12.5 Å². The molecule has 1 saturated heterocycles. The van der Waals surface area contributed by atoms with Crippen LogP contribution in [-0.2, 0) is 11.3 Å². The lowest BCUT2D eigenvalue weighted by molar-refractivity contribution is -0.139. The van der Waals surface area contributed by atoms with Gasteiger partial charge in [0, 0.05) is 19.1 Å². The average Bonchev–Trinajstić information content (AvgIpc) is 2.79. The monoisotopic (exact) mass is 305 g/mol. The predicted molar refractivity (Wildman–Crippen MR) is 82.3 cm³/mol. The van der Waals surface area contributed by atoms with Gasteiger partial charge in [-0.15, -0.1) is 0 Å². The van der Waals surface area contributed by atoms with Crippen LogP contribution in [0.2, 0.25) is 0 Å². The molecule has 1 aromatic carbocycles. The summed E-state index contributed by atoms with van der Waals surface area (Å²) in [6.07, 6.45) is 5.34. The van der Waals surface area contributed by atoms with E-state index >= 15 is 0 Å². The number of ether oxygens (including phenoxy) is 2. The number of methoxy groups -OCH3 is 1. The van der Waals surface area contributed by atoms with Crippen molar-refractivity contribution in [2.75, 3.05) is 20.3 Å². The maximum Gasteiger partial charge on any atom is 0.341 e. The van der Waals surface area contributed by atoms with Crippen molar-refractivity contribution in [3.63, 3.8) is 0 Å². The van der Waals surface area contributed by atoms with Crippen molar-refractivity contribution in [3.05, 3.63) is 23.8 Å². The third-order valence-electron chi connectivity index (χ3n) is 4.73. The second kappa shape index (κ2) is 6.57. The number of carbonyl (C=O) groups is 1. The van der Waals surface area contributed by atoms with E-state index in [1.165, 1.54) is 32.2 Å². The van der Waals surface area contributed by atoms with Crippen LogP contribution in [0.4, 0.5) is 0 Å². The molecule has 2 aliphatic rings. The topological polar surface area (TPSA) is 59.0 Å². The minimum absolute atomic E-state index is 0.353. The second-order valence-corrected chi connectivity index (χ2v) is 6.28.